The van der Waals surface area contributed by atoms with E-state index in [4.69, 9.17) is 10.2 Å². The third-order valence-electron chi connectivity index (χ3n) is 11.8. The maximum atomic E-state index is 13.0. The number of nitrogens with zero attached hydrogens (tertiary/aromatic N) is 1. The summed E-state index contributed by atoms with van der Waals surface area (Å²) in [5.74, 6) is 1.84. The number of aliphatic hydroxyl groups is 1. The molecule has 0 spiro atoms. The summed E-state index contributed by atoms with van der Waals surface area (Å²) in [6.07, 6.45) is 10.9. The zero-order valence-electron chi connectivity index (χ0n) is 22.8. The van der Waals surface area contributed by atoms with E-state index < -0.39 is 11.6 Å². The maximum absolute atomic E-state index is 13.0. The van der Waals surface area contributed by atoms with Crippen molar-refractivity contribution in [2.24, 2.45) is 40.2 Å². The Kier molecular flexibility index (Phi) is 6.47. The molecule has 6 nitrogen and oxygen atoms in total. The standard InChI is InChI=1S/C30H46N2O4/c1-18(2)26(31)27(34)32(5)21-10-13-28(3)20(16-21)7-8-24-23(28)11-14-29(4)22(12-15-30(24,29)35)19-6-9-25(33)36-17-19/h6,9,17-18,20-24,26,35H,7-8,10-16,31H2,1-5H3/t20-,21+,22-,23+,24-,26-,28+,29-,30+/m1/s1. The summed E-state index contributed by atoms with van der Waals surface area (Å²) in [5, 5.41) is 12.4. The molecule has 0 unspecified atom stereocenters. The number of likely N-dealkylation sites (N-methyl/N-ethyl adjacent to an activating group) is 1. The molecule has 200 valence electrons. The second kappa shape index (κ2) is 8.97. The number of hydrogen-bond acceptors (Lipinski definition) is 5. The molecule has 0 bridgehead atoms. The van der Waals surface area contributed by atoms with Crippen LogP contribution < -0.4 is 11.4 Å². The lowest BCUT2D eigenvalue weighted by atomic mass is 9.43. The van der Waals surface area contributed by atoms with Crippen LogP contribution >= 0.6 is 0 Å². The number of rotatable bonds is 4. The van der Waals surface area contributed by atoms with Crippen LogP contribution in [-0.4, -0.2) is 40.6 Å². The van der Waals surface area contributed by atoms with E-state index in [0.717, 1.165) is 63.4 Å². The van der Waals surface area contributed by atoms with Crippen molar-refractivity contribution in [2.75, 3.05) is 7.05 Å². The van der Waals surface area contributed by atoms with Crippen LogP contribution in [0.3, 0.4) is 0 Å². The smallest absolute Gasteiger partial charge is 0.335 e. The Morgan fingerprint density at radius 3 is 2.50 bits per heavy atom. The fourth-order valence-corrected chi connectivity index (χ4v) is 9.36. The Hall–Kier alpha value is -1.66. The number of carbonyl (C=O) groups is 1. The molecule has 1 aromatic heterocycles. The molecule has 0 saturated heterocycles. The minimum Gasteiger partial charge on any atom is -0.431 e. The van der Waals surface area contributed by atoms with Crippen LogP contribution in [0.25, 0.3) is 0 Å². The van der Waals surface area contributed by atoms with E-state index >= 15 is 0 Å². The second-order valence-corrected chi connectivity index (χ2v) is 13.5. The molecule has 1 aromatic rings. The third kappa shape index (κ3) is 3.73. The first-order valence-electron chi connectivity index (χ1n) is 14.3. The number of nitrogens with two attached hydrogens (primary N) is 1. The summed E-state index contributed by atoms with van der Waals surface area (Å²) in [7, 11) is 1.95. The quantitative estimate of drug-likeness (QED) is 0.628. The predicted molar refractivity (Wildman–Crippen MR) is 140 cm³/mol. The van der Waals surface area contributed by atoms with Crippen LogP contribution in [0.15, 0.2) is 27.6 Å². The van der Waals surface area contributed by atoms with Gasteiger partial charge in [-0.3, -0.25) is 4.79 Å². The van der Waals surface area contributed by atoms with Crippen molar-refractivity contribution in [1.29, 1.82) is 0 Å². The monoisotopic (exact) mass is 498 g/mol. The summed E-state index contributed by atoms with van der Waals surface area (Å²) in [4.78, 5) is 26.5. The maximum Gasteiger partial charge on any atom is 0.335 e. The molecule has 3 N–H and O–H groups in total. The molecular weight excluding hydrogens is 452 g/mol. The van der Waals surface area contributed by atoms with E-state index in [0.29, 0.717) is 17.8 Å². The van der Waals surface area contributed by atoms with Gasteiger partial charge in [-0.2, -0.15) is 0 Å². The first-order valence-corrected chi connectivity index (χ1v) is 14.3. The van der Waals surface area contributed by atoms with Gasteiger partial charge in [0.05, 0.1) is 17.9 Å². The van der Waals surface area contributed by atoms with Gasteiger partial charge in [0.15, 0.2) is 0 Å². The van der Waals surface area contributed by atoms with Gasteiger partial charge < -0.3 is 20.2 Å². The lowest BCUT2D eigenvalue weighted by molar-refractivity contribution is -0.203. The average molecular weight is 499 g/mol. The molecule has 4 aliphatic rings. The fourth-order valence-electron chi connectivity index (χ4n) is 9.36. The van der Waals surface area contributed by atoms with E-state index in [1.54, 1.807) is 6.26 Å². The van der Waals surface area contributed by atoms with Crippen LogP contribution in [0, 0.1) is 34.5 Å². The van der Waals surface area contributed by atoms with Crippen molar-refractivity contribution in [2.45, 2.75) is 109 Å². The lowest BCUT2D eigenvalue weighted by Crippen LogP contribution is -2.62. The fraction of sp³-hybridized carbons (Fsp3) is 0.800. The highest BCUT2D eigenvalue weighted by Gasteiger charge is 2.67. The van der Waals surface area contributed by atoms with E-state index in [1.165, 1.54) is 6.07 Å². The Labute approximate surface area is 216 Å². The summed E-state index contributed by atoms with van der Waals surface area (Å²) in [6.45, 7) is 8.79. The first kappa shape index (κ1) is 26.0. The molecule has 9 atom stereocenters. The SMILES string of the molecule is CC(C)[C@@H](N)C(=O)N(C)[C@H]1CC[C@@]2(C)[C@H](CC[C@@H]3[C@@H]2CC[C@]2(C)[C@@H](c4ccc(=O)oc4)CC[C@]32O)C1. The normalized spacial score (nSPS) is 42.8. The van der Waals surface area contributed by atoms with E-state index in [-0.39, 0.29) is 40.2 Å². The van der Waals surface area contributed by atoms with Gasteiger partial charge in [-0.15, -0.1) is 0 Å². The number of fused-ring (bicyclic) bond motifs is 5. The minimum atomic E-state index is -0.682. The molecule has 0 aromatic carbocycles. The molecule has 6 heteroatoms. The number of hydrogen-bond donors (Lipinski definition) is 2. The van der Waals surface area contributed by atoms with Crippen molar-refractivity contribution < 1.29 is 14.3 Å². The summed E-state index contributed by atoms with van der Waals surface area (Å²) in [6, 6.07) is 3.25. The molecule has 0 aliphatic heterocycles. The van der Waals surface area contributed by atoms with Crippen molar-refractivity contribution in [3.8, 4) is 0 Å². The lowest BCUT2D eigenvalue weighted by Gasteiger charge is -2.64. The van der Waals surface area contributed by atoms with Crippen LogP contribution in [0.1, 0.15) is 97.0 Å². The van der Waals surface area contributed by atoms with Gasteiger partial charge in [0.25, 0.3) is 0 Å². The zero-order chi connectivity index (χ0) is 26.0. The van der Waals surface area contributed by atoms with E-state index in [9.17, 15) is 14.7 Å². The van der Waals surface area contributed by atoms with E-state index in [2.05, 4.69) is 13.8 Å². The van der Waals surface area contributed by atoms with Gasteiger partial charge >= 0.3 is 5.63 Å². The highest BCUT2D eigenvalue weighted by atomic mass is 16.4. The zero-order valence-corrected chi connectivity index (χ0v) is 22.8. The average Bonchev–Trinajstić information content (AvgIpc) is 3.13. The molecule has 36 heavy (non-hydrogen) atoms. The van der Waals surface area contributed by atoms with Gasteiger partial charge in [0, 0.05) is 24.6 Å². The van der Waals surface area contributed by atoms with Gasteiger partial charge in [0.2, 0.25) is 5.91 Å². The van der Waals surface area contributed by atoms with Crippen LogP contribution in [0.2, 0.25) is 0 Å². The van der Waals surface area contributed by atoms with Gasteiger partial charge in [0.1, 0.15) is 0 Å². The second-order valence-electron chi connectivity index (χ2n) is 13.5. The molecular formula is C30H46N2O4. The molecule has 4 aliphatic carbocycles. The molecule has 0 radical (unpaired) electrons. The first-order chi connectivity index (χ1) is 16.9. The summed E-state index contributed by atoms with van der Waals surface area (Å²) >= 11 is 0. The predicted octanol–water partition coefficient (Wildman–Crippen LogP) is 4.69. The highest BCUT2D eigenvalue weighted by Crippen LogP contribution is 2.70. The van der Waals surface area contributed by atoms with Crippen LogP contribution in [0.5, 0.6) is 0 Å². The van der Waals surface area contributed by atoms with Crippen LogP contribution in [0.4, 0.5) is 0 Å². The topological polar surface area (TPSA) is 96.8 Å². The number of amides is 1. The minimum absolute atomic E-state index is 0.0729. The Bertz CT molecular complexity index is 1030. The molecule has 4 saturated carbocycles. The molecule has 4 fully saturated rings. The van der Waals surface area contributed by atoms with Crippen molar-refractivity contribution >= 4 is 5.91 Å². The summed E-state index contributed by atoms with van der Waals surface area (Å²) < 4.78 is 5.22. The molecule has 1 heterocycles. The van der Waals surface area contributed by atoms with Crippen molar-refractivity contribution in [3.05, 3.63) is 34.4 Å². The van der Waals surface area contributed by atoms with Gasteiger partial charge in [-0.05, 0) is 104 Å². The highest BCUT2D eigenvalue weighted by molar-refractivity contribution is 5.82. The van der Waals surface area contributed by atoms with Gasteiger partial charge in [-0.25, -0.2) is 4.79 Å². The van der Waals surface area contributed by atoms with Gasteiger partial charge in [-0.1, -0.05) is 27.7 Å². The largest absolute Gasteiger partial charge is 0.431 e. The molecule has 5 rings (SSSR count). The Balaban J connectivity index is 1.35. The Morgan fingerprint density at radius 2 is 1.83 bits per heavy atom. The number of carbonyl (C=O) groups excluding carboxylic acids is 1. The Morgan fingerprint density at radius 1 is 1.08 bits per heavy atom. The van der Waals surface area contributed by atoms with Crippen molar-refractivity contribution in [3.63, 3.8) is 0 Å². The van der Waals surface area contributed by atoms with Crippen molar-refractivity contribution in [1.82, 2.24) is 4.90 Å². The van der Waals surface area contributed by atoms with Crippen LogP contribution in [-0.2, 0) is 4.79 Å². The summed E-state index contributed by atoms with van der Waals surface area (Å²) in [5.41, 5.74) is 6.27. The third-order valence-corrected chi connectivity index (χ3v) is 11.8. The van der Waals surface area contributed by atoms with E-state index in [1.807, 2.05) is 31.9 Å². The molecule has 1 amide bonds.